The molecule has 1 amide bonds. The summed E-state index contributed by atoms with van der Waals surface area (Å²) >= 11 is 0. The number of hydrogen-bond acceptors (Lipinski definition) is 4. The molecule has 3 rings (SSSR count). The van der Waals surface area contributed by atoms with Gasteiger partial charge >= 0.3 is 0 Å². The van der Waals surface area contributed by atoms with Crippen molar-refractivity contribution in [3.8, 4) is 11.5 Å². The van der Waals surface area contributed by atoms with Gasteiger partial charge in [-0.25, -0.2) is 0 Å². The van der Waals surface area contributed by atoms with Crippen LogP contribution in [-0.2, 0) is 0 Å². The Morgan fingerprint density at radius 1 is 1.17 bits per heavy atom. The average Bonchev–Trinajstić information content (AvgIpc) is 3.10. The quantitative estimate of drug-likeness (QED) is 0.864. The highest BCUT2D eigenvalue weighted by Crippen LogP contribution is 2.37. The molecule has 1 atom stereocenters. The Balaban J connectivity index is 1.87. The van der Waals surface area contributed by atoms with E-state index in [1.165, 1.54) is 0 Å². The highest BCUT2D eigenvalue weighted by atomic mass is 16.5. The van der Waals surface area contributed by atoms with E-state index in [1.807, 2.05) is 42.2 Å². The zero-order valence-corrected chi connectivity index (χ0v) is 14.3. The standard InChI is InChI=1S/C19H22N2O3/c1-13-6-7-15(12-20-13)19(22)21-10-4-5-16(21)14-8-9-17(23-2)18(11-14)24-3/h6-9,11-12,16H,4-5,10H2,1-3H3/t16-/m1/s1. The number of carbonyl (C=O) groups is 1. The Bertz CT molecular complexity index is 728. The first-order chi connectivity index (χ1) is 11.6. The number of amides is 1. The summed E-state index contributed by atoms with van der Waals surface area (Å²) in [5.74, 6) is 1.41. The van der Waals surface area contributed by atoms with Crippen LogP contribution < -0.4 is 9.47 Å². The average molecular weight is 326 g/mol. The summed E-state index contributed by atoms with van der Waals surface area (Å²) in [5, 5.41) is 0. The van der Waals surface area contributed by atoms with E-state index in [0.717, 1.165) is 30.6 Å². The lowest BCUT2D eigenvalue weighted by atomic mass is 10.0. The van der Waals surface area contributed by atoms with Crippen molar-refractivity contribution in [3.63, 3.8) is 0 Å². The van der Waals surface area contributed by atoms with Crippen molar-refractivity contribution in [2.75, 3.05) is 20.8 Å². The summed E-state index contributed by atoms with van der Waals surface area (Å²) < 4.78 is 10.7. The van der Waals surface area contributed by atoms with Crippen LogP contribution >= 0.6 is 0 Å². The maximum Gasteiger partial charge on any atom is 0.255 e. The van der Waals surface area contributed by atoms with Gasteiger partial charge in [-0.15, -0.1) is 0 Å². The van der Waals surface area contributed by atoms with E-state index in [9.17, 15) is 4.79 Å². The number of pyridine rings is 1. The van der Waals surface area contributed by atoms with Crippen LogP contribution in [0.1, 0.15) is 40.5 Å². The fraction of sp³-hybridized carbons (Fsp3) is 0.368. The number of methoxy groups -OCH3 is 2. The molecule has 0 aliphatic carbocycles. The van der Waals surface area contributed by atoms with Crippen molar-refractivity contribution in [1.82, 2.24) is 9.88 Å². The maximum atomic E-state index is 12.8. The molecule has 0 radical (unpaired) electrons. The van der Waals surface area contributed by atoms with E-state index in [-0.39, 0.29) is 11.9 Å². The number of carbonyl (C=O) groups excluding carboxylic acids is 1. The second kappa shape index (κ2) is 6.91. The Hall–Kier alpha value is -2.56. The van der Waals surface area contributed by atoms with Crippen molar-refractivity contribution in [2.45, 2.75) is 25.8 Å². The largest absolute Gasteiger partial charge is 0.493 e. The maximum absolute atomic E-state index is 12.8. The van der Waals surface area contributed by atoms with Crippen LogP contribution in [0.25, 0.3) is 0 Å². The number of rotatable bonds is 4. The lowest BCUT2D eigenvalue weighted by Gasteiger charge is -2.25. The van der Waals surface area contributed by atoms with Gasteiger partial charge in [0.05, 0.1) is 25.8 Å². The topological polar surface area (TPSA) is 51.7 Å². The number of likely N-dealkylation sites (tertiary alicyclic amines) is 1. The lowest BCUT2D eigenvalue weighted by Crippen LogP contribution is -2.30. The number of aryl methyl sites for hydroxylation is 1. The van der Waals surface area contributed by atoms with Gasteiger partial charge in [0.15, 0.2) is 11.5 Å². The van der Waals surface area contributed by atoms with Gasteiger partial charge in [-0.3, -0.25) is 9.78 Å². The third-order valence-corrected chi connectivity index (χ3v) is 4.46. The molecule has 1 aromatic heterocycles. The van der Waals surface area contributed by atoms with Gasteiger partial charge in [0.2, 0.25) is 0 Å². The summed E-state index contributed by atoms with van der Waals surface area (Å²) in [5.41, 5.74) is 2.61. The fourth-order valence-electron chi connectivity index (χ4n) is 3.18. The molecule has 24 heavy (non-hydrogen) atoms. The summed E-state index contributed by atoms with van der Waals surface area (Å²) in [6.07, 6.45) is 3.59. The molecule has 1 saturated heterocycles. The van der Waals surface area contributed by atoms with E-state index in [2.05, 4.69) is 4.98 Å². The number of ether oxygens (including phenoxy) is 2. The molecule has 0 saturated carbocycles. The molecule has 126 valence electrons. The number of aromatic nitrogens is 1. The first-order valence-corrected chi connectivity index (χ1v) is 8.09. The van der Waals surface area contributed by atoms with Gasteiger partial charge in [0.25, 0.3) is 5.91 Å². The molecular weight excluding hydrogens is 304 g/mol. The minimum absolute atomic E-state index is 0.0276. The van der Waals surface area contributed by atoms with E-state index in [1.54, 1.807) is 20.4 Å². The summed E-state index contributed by atoms with van der Waals surface area (Å²) in [6, 6.07) is 9.62. The van der Waals surface area contributed by atoms with Gasteiger partial charge in [-0.1, -0.05) is 6.07 Å². The van der Waals surface area contributed by atoms with Gasteiger partial charge in [-0.2, -0.15) is 0 Å². The first-order valence-electron chi connectivity index (χ1n) is 8.09. The highest BCUT2D eigenvalue weighted by Gasteiger charge is 2.31. The Morgan fingerprint density at radius 2 is 1.96 bits per heavy atom. The van der Waals surface area contributed by atoms with Crippen LogP contribution in [0.15, 0.2) is 36.5 Å². The van der Waals surface area contributed by atoms with Crippen LogP contribution in [0.5, 0.6) is 11.5 Å². The Morgan fingerprint density at radius 3 is 2.62 bits per heavy atom. The molecule has 0 unspecified atom stereocenters. The molecule has 0 N–H and O–H groups in total. The van der Waals surface area contributed by atoms with Crippen LogP contribution in [0.3, 0.4) is 0 Å². The third-order valence-electron chi connectivity index (χ3n) is 4.46. The first kappa shape index (κ1) is 16.3. The van der Waals surface area contributed by atoms with Gasteiger partial charge in [0.1, 0.15) is 0 Å². The molecule has 2 heterocycles. The second-order valence-electron chi connectivity index (χ2n) is 5.96. The Labute approximate surface area is 142 Å². The van der Waals surface area contributed by atoms with Gasteiger partial charge in [-0.05, 0) is 49.6 Å². The number of benzene rings is 1. The van der Waals surface area contributed by atoms with Crippen LogP contribution in [-0.4, -0.2) is 36.6 Å². The summed E-state index contributed by atoms with van der Waals surface area (Å²) in [6.45, 7) is 2.67. The van der Waals surface area contributed by atoms with Crippen LogP contribution in [0, 0.1) is 6.92 Å². The van der Waals surface area contributed by atoms with E-state index < -0.39 is 0 Å². The highest BCUT2D eigenvalue weighted by molar-refractivity contribution is 5.94. The van der Waals surface area contributed by atoms with Gasteiger partial charge in [0, 0.05) is 18.4 Å². The summed E-state index contributed by atoms with van der Waals surface area (Å²) in [4.78, 5) is 19.0. The predicted octanol–water partition coefficient (Wildman–Crippen LogP) is 3.38. The van der Waals surface area contributed by atoms with Crippen LogP contribution in [0.4, 0.5) is 0 Å². The molecule has 5 nitrogen and oxygen atoms in total. The molecule has 1 aliphatic rings. The minimum atomic E-state index is 0.0276. The normalized spacial score (nSPS) is 17.0. The lowest BCUT2D eigenvalue weighted by molar-refractivity contribution is 0.0735. The van der Waals surface area contributed by atoms with E-state index in [0.29, 0.717) is 17.1 Å². The second-order valence-corrected chi connectivity index (χ2v) is 5.96. The molecule has 5 heteroatoms. The smallest absolute Gasteiger partial charge is 0.255 e. The monoisotopic (exact) mass is 326 g/mol. The van der Waals surface area contributed by atoms with E-state index in [4.69, 9.17) is 9.47 Å². The third kappa shape index (κ3) is 3.07. The van der Waals surface area contributed by atoms with Crippen molar-refractivity contribution in [2.24, 2.45) is 0 Å². The van der Waals surface area contributed by atoms with Crippen molar-refractivity contribution < 1.29 is 14.3 Å². The number of nitrogens with zero attached hydrogens (tertiary/aromatic N) is 2. The summed E-state index contributed by atoms with van der Waals surface area (Å²) in [7, 11) is 3.24. The number of hydrogen-bond donors (Lipinski definition) is 0. The predicted molar refractivity (Wildman–Crippen MR) is 91.5 cm³/mol. The van der Waals surface area contributed by atoms with Crippen molar-refractivity contribution in [3.05, 3.63) is 53.3 Å². The van der Waals surface area contributed by atoms with Crippen LogP contribution in [0.2, 0.25) is 0 Å². The van der Waals surface area contributed by atoms with Crippen molar-refractivity contribution >= 4 is 5.91 Å². The fourth-order valence-corrected chi connectivity index (χ4v) is 3.18. The molecule has 2 aromatic rings. The minimum Gasteiger partial charge on any atom is -0.493 e. The molecule has 1 aliphatic heterocycles. The SMILES string of the molecule is COc1ccc([C@H]2CCCN2C(=O)c2ccc(C)nc2)cc1OC. The molecular formula is C19H22N2O3. The molecule has 0 bridgehead atoms. The van der Waals surface area contributed by atoms with E-state index >= 15 is 0 Å². The molecule has 0 spiro atoms. The molecule has 1 fully saturated rings. The van der Waals surface area contributed by atoms with Crippen molar-refractivity contribution in [1.29, 1.82) is 0 Å². The molecule has 1 aromatic carbocycles. The Kier molecular flexibility index (Phi) is 4.69. The van der Waals surface area contributed by atoms with Gasteiger partial charge < -0.3 is 14.4 Å². The zero-order valence-electron chi connectivity index (χ0n) is 14.3. The zero-order chi connectivity index (χ0) is 17.1.